The van der Waals surface area contributed by atoms with Crippen molar-refractivity contribution in [3.05, 3.63) is 0 Å². The minimum absolute atomic E-state index is 0. The molecule has 0 aromatic carbocycles. The van der Waals surface area contributed by atoms with Crippen LogP contribution in [0.1, 0.15) is 43.3 Å². The molecule has 0 aliphatic rings. The fourth-order valence-corrected chi connectivity index (χ4v) is 1.46. The molecule has 0 spiro atoms. The molecule has 0 aliphatic carbocycles. The van der Waals surface area contributed by atoms with Gasteiger partial charge in [-0.15, -0.1) is 12.4 Å². The van der Waals surface area contributed by atoms with Crippen LogP contribution in [0.25, 0.3) is 0 Å². The molecule has 0 atom stereocenters. The Morgan fingerprint density at radius 2 is 1.40 bits per heavy atom. The minimum Gasteiger partial charge on any atom is -1.00 e. The zero-order valence-corrected chi connectivity index (χ0v) is 18.0. The van der Waals surface area contributed by atoms with Gasteiger partial charge in [-0.05, 0) is 6.42 Å². The van der Waals surface area contributed by atoms with E-state index in [-0.39, 0.29) is 111 Å². The van der Waals surface area contributed by atoms with Gasteiger partial charge in [-0.25, -0.2) is 0 Å². The number of halogens is 1. The molecule has 0 saturated heterocycles. The van der Waals surface area contributed by atoms with Crippen molar-refractivity contribution in [2.75, 3.05) is 5.75 Å². The SMILES string of the molecule is CCCCCCCS(=O)(=O)O.Cl.[H-].[H-].[H-].[Na+].[Na+].[Na+]. The summed E-state index contributed by atoms with van der Waals surface area (Å²) in [5.41, 5.74) is 0. The molecule has 15 heavy (non-hydrogen) atoms. The topological polar surface area (TPSA) is 54.4 Å². The first kappa shape index (κ1) is 30.9. The largest absolute Gasteiger partial charge is 1.00 e. The number of hydrogen-bond acceptors (Lipinski definition) is 2. The molecular formula is C7H20ClNa3O3S. The predicted octanol–water partition coefficient (Wildman–Crippen LogP) is -6.38. The minimum atomic E-state index is -3.71. The molecule has 8 heteroatoms. The van der Waals surface area contributed by atoms with Gasteiger partial charge < -0.3 is 4.28 Å². The van der Waals surface area contributed by atoms with Gasteiger partial charge in [0.1, 0.15) is 0 Å². The number of unbranched alkanes of at least 4 members (excludes halogenated alkanes) is 4. The molecule has 0 bridgehead atoms. The second kappa shape index (κ2) is 19.5. The van der Waals surface area contributed by atoms with Gasteiger partial charge in [-0.3, -0.25) is 4.55 Å². The van der Waals surface area contributed by atoms with Gasteiger partial charge in [0.2, 0.25) is 0 Å². The van der Waals surface area contributed by atoms with Crippen LogP contribution >= 0.6 is 12.4 Å². The summed E-state index contributed by atoms with van der Waals surface area (Å²) >= 11 is 0. The summed E-state index contributed by atoms with van der Waals surface area (Å²) in [5, 5.41) is 0. The van der Waals surface area contributed by atoms with Crippen LogP contribution < -0.4 is 88.7 Å². The molecule has 0 aliphatic heterocycles. The predicted molar refractivity (Wildman–Crippen MR) is 55.8 cm³/mol. The maximum atomic E-state index is 10.2. The smallest absolute Gasteiger partial charge is 1.00 e. The van der Waals surface area contributed by atoms with Crippen LogP contribution in [-0.2, 0) is 10.1 Å². The average Bonchev–Trinajstić information content (AvgIpc) is 1.85. The molecule has 0 heterocycles. The zero-order chi connectivity index (χ0) is 8.74. The summed E-state index contributed by atoms with van der Waals surface area (Å²) in [4.78, 5) is 0. The van der Waals surface area contributed by atoms with E-state index < -0.39 is 10.1 Å². The Balaban J connectivity index is -0.0000000238. The van der Waals surface area contributed by atoms with Crippen molar-refractivity contribution in [3.63, 3.8) is 0 Å². The van der Waals surface area contributed by atoms with E-state index in [1.54, 1.807) is 0 Å². The van der Waals surface area contributed by atoms with E-state index in [0.717, 1.165) is 25.7 Å². The second-order valence-corrected chi connectivity index (χ2v) is 4.27. The quantitative estimate of drug-likeness (QED) is 0.301. The first-order valence-corrected chi connectivity index (χ1v) is 5.62. The van der Waals surface area contributed by atoms with Gasteiger partial charge in [0.25, 0.3) is 10.1 Å². The van der Waals surface area contributed by atoms with Crippen LogP contribution in [0.3, 0.4) is 0 Å². The third kappa shape index (κ3) is 31.7. The van der Waals surface area contributed by atoms with Crippen molar-refractivity contribution in [3.8, 4) is 0 Å². The van der Waals surface area contributed by atoms with E-state index in [1.165, 1.54) is 0 Å². The standard InChI is InChI=1S/C7H16O3S.ClH.3Na.3H/c1-2-3-4-5-6-7-11(8,9)10;;;;;;;/h2-7H2,1H3,(H,8,9,10);1H;;;;;;/q;;3*+1;3*-1. The molecule has 3 nitrogen and oxygen atoms in total. The van der Waals surface area contributed by atoms with E-state index >= 15 is 0 Å². The van der Waals surface area contributed by atoms with Crippen LogP contribution in [0.4, 0.5) is 0 Å². The van der Waals surface area contributed by atoms with Crippen molar-refractivity contribution in [1.29, 1.82) is 0 Å². The number of rotatable bonds is 6. The van der Waals surface area contributed by atoms with E-state index in [4.69, 9.17) is 4.55 Å². The van der Waals surface area contributed by atoms with Crippen LogP contribution in [-0.4, -0.2) is 18.7 Å². The second-order valence-electron chi connectivity index (χ2n) is 2.70. The Bertz CT molecular complexity index is 200. The Hall–Kier alpha value is 3.20. The van der Waals surface area contributed by atoms with Crippen molar-refractivity contribution < 1.29 is 106 Å². The first-order valence-electron chi connectivity index (χ1n) is 4.01. The molecule has 0 aromatic rings. The maximum absolute atomic E-state index is 10.2. The third-order valence-corrected chi connectivity index (χ3v) is 2.31. The molecule has 82 valence electrons. The van der Waals surface area contributed by atoms with Gasteiger partial charge in [0.05, 0.1) is 5.75 Å². The normalized spacial score (nSPS) is 8.67. The summed E-state index contributed by atoms with van der Waals surface area (Å²) in [6.45, 7) is 2.10. The van der Waals surface area contributed by atoms with Crippen LogP contribution in [0.15, 0.2) is 0 Å². The summed E-state index contributed by atoms with van der Waals surface area (Å²) < 4.78 is 28.8. The molecule has 0 unspecified atom stereocenters. The Labute approximate surface area is 170 Å². The van der Waals surface area contributed by atoms with E-state index in [9.17, 15) is 8.42 Å². The first-order chi connectivity index (χ1) is 5.06. The van der Waals surface area contributed by atoms with Crippen molar-refractivity contribution >= 4 is 22.5 Å². The van der Waals surface area contributed by atoms with Crippen molar-refractivity contribution in [2.24, 2.45) is 0 Å². The molecule has 0 rings (SSSR count). The number of hydrogen-bond donors (Lipinski definition) is 1. The fourth-order valence-electron chi connectivity index (χ4n) is 0.888. The summed E-state index contributed by atoms with van der Waals surface area (Å²) in [6.07, 6.45) is 4.83. The van der Waals surface area contributed by atoms with Crippen LogP contribution in [0.5, 0.6) is 0 Å². The van der Waals surface area contributed by atoms with E-state index in [1.807, 2.05) is 0 Å². The van der Waals surface area contributed by atoms with E-state index in [0.29, 0.717) is 6.42 Å². The monoisotopic (exact) mass is 288 g/mol. The van der Waals surface area contributed by atoms with Crippen LogP contribution in [0.2, 0.25) is 0 Å². The van der Waals surface area contributed by atoms with E-state index in [2.05, 4.69) is 6.92 Å². The molecule has 0 radical (unpaired) electrons. The zero-order valence-electron chi connectivity index (χ0n) is 13.3. The Morgan fingerprint density at radius 1 is 1.00 bits per heavy atom. The maximum Gasteiger partial charge on any atom is 1.00 e. The van der Waals surface area contributed by atoms with Gasteiger partial charge >= 0.3 is 88.7 Å². The Kier molecular flexibility index (Phi) is 40.2. The fraction of sp³-hybridized carbons (Fsp3) is 1.00. The van der Waals surface area contributed by atoms with Crippen molar-refractivity contribution in [2.45, 2.75) is 39.0 Å². The molecule has 0 amide bonds. The Morgan fingerprint density at radius 3 is 1.73 bits per heavy atom. The summed E-state index contributed by atoms with van der Waals surface area (Å²) in [7, 11) is -3.71. The van der Waals surface area contributed by atoms with Gasteiger partial charge in [-0.1, -0.05) is 32.6 Å². The van der Waals surface area contributed by atoms with Gasteiger partial charge in [0, 0.05) is 0 Å². The van der Waals surface area contributed by atoms with Crippen LogP contribution in [0, 0.1) is 0 Å². The molecule has 1 N–H and O–H groups in total. The average molecular weight is 289 g/mol. The van der Waals surface area contributed by atoms with Gasteiger partial charge in [0.15, 0.2) is 0 Å². The van der Waals surface area contributed by atoms with Gasteiger partial charge in [-0.2, -0.15) is 8.42 Å². The molecule has 0 fully saturated rings. The summed E-state index contributed by atoms with van der Waals surface area (Å²) in [5.74, 6) is -0.0866. The third-order valence-electron chi connectivity index (χ3n) is 1.51. The molecular weight excluding hydrogens is 269 g/mol. The molecule has 0 saturated carbocycles. The molecule has 0 aromatic heterocycles. The van der Waals surface area contributed by atoms with Crippen molar-refractivity contribution in [1.82, 2.24) is 0 Å². The summed E-state index contributed by atoms with van der Waals surface area (Å²) in [6, 6.07) is 0.